The molecular formula is C14H14BrFN2. The summed E-state index contributed by atoms with van der Waals surface area (Å²) < 4.78 is 13.8. The van der Waals surface area contributed by atoms with Crippen LogP contribution < -0.4 is 5.73 Å². The molecule has 0 fully saturated rings. The highest BCUT2D eigenvalue weighted by molar-refractivity contribution is 9.10. The fourth-order valence-electron chi connectivity index (χ4n) is 1.76. The molecule has 1 atom stereocenters. The summed E-state index contributed by atoms with van der Waals surface area (Å²) in [5, 5.41) is 0. The second-order valence-electron chi connectivity index (χ2n) is 4.28. The number of nitrogens with zero attached hydrogens (tertiary/aromatic N) is 1. The van der Waals surface area contributed by atoms with E-state index >= 15 is 0 Å². The van der Waals surface area contributed by atoms with E-state index in [1.165, 1.54) is 6.07 Å². The van der Waals surface area contributed by atoms with Gasteiger partial charge in [0.2, 0.25) is 0 Å². The maximum absolute atomic E-state index is 13.4. The quantitative estimate of drug-likeness (QED) is 0.942. The van der Waals surface area contributed by atoms with Gasteiger partial charge < -0.3 is 5.73 Å². The molecule has 0 aliphatic heterocycles. The molecule has 0 saturated heterocycles. The first kappa shape index (κ1) is 13.2. The van der Waals surface area contributed by atoms with Crippen molar-refractivity contribution in [1.82, 2.24) is 4.98 Å². The highest BCUT2D eigenvalue weighted by Gasteiger charge is 2.13. The third kappa shape index (κ3) is 2.94. The third-order valence-electron chi connectivity index (χ3n) is 2.78. The van der Waals surface area contributed by atoms with Crippen LogP contribution in [-0.2, 0) is 6.42 Å². The number of pyridine rings is 1. The summed E-state index contributed by atoms with van der Waals surface area (Å²) in [6, 6.07) is 8.57. The van der Waals surface area contributed by atoms with Crippen LogP contribution >= 0.6 is 15.9 Å². The van der Waals surface area contributed by atoms with Gasteiger partial charge in [-0.3, -0.25) is 4.98 Å². The van der Waals surface area contributed by atoms with E-state index in [-0.39, 0.29) is 11.9 Å². The average Bonchev–Trinajstić information content (AvgIpc) is 2.35. The summed E-state index contributed by atoms with van der Waals surface area (Å²) in [4.78, 5) is 4.31. The van der Waals surface area contributed by atoms with Crippen LogP contribution in [0.4, 0.5) is 4.39 Å². The minimum atomic E-state index is -0.292. The first-order valence-electron chi connectivity index (χ1n) is 5.69. The predicted octanol–water partition coefficient (Wildman–Crippen LogP) is 3.53. The highest BCUT2D eigenvalue weighted by atomic mass is 79.9. The van der Waals surface area contributed by atoms with Crippen molar-refractivity contribution in [3.63, 3.8) is 0 Å². The monoisotopic (exact) mass is 308 g/mol. The summed E-state index contributed by atoms with van der Waals surface area (Å²) in [7, 11) is 0. The molecule has 18 heavy (non-hydrogen) atoms. The van der Waals surface area contributed by atoms with Crippen LogP contribution in [0.5, 0.6) is 0 Å². The van der Waals surface area contributed by atoms with Gasteiger partial charge in [0.15, 0.2) is 0 Å². The minimum Gasteiger partial charge on any atom is -0.324 e. The van der Waals surface area contributed by atoms with Gasteiger partial charge in [-0.15, -0.1) is 0 Å². The van der Waals surface area contributed by atoms with Gasteiger partial charge in [-0.2, -0.15) is 0 Å². The second-order valence-corrected chi connectivity index (χ2v) is 5.07. The summed E-state index contributed by atoms with van der Waals surface area (Å²) in [6.07, 6.45) is 2.39. The van der Waals surface area contributed by atoms with Crippen molar-refractivity contribution in [3.05, 3.63) is 63.6 Å². The topological polar surface area (TPSA) is 38.9 Å². The molecule has 0 radical (unpaired) electrons. The zero-order valence-electron chi connectivity index (χ0n) is 10.0. The van der Waals surface area contributed by atoms with Gasteiger partial charge in [0.05, 0.1) is 4.47 Å². The maximum Gasteiger partial charge on any atom is 0.137 e. The molecule has 0 amide bonds. The number of rotatable bonds is 3. The lowest BCUT2D eigenvalue weighted by molar-refractivity contribution is 0.609. The molecule has 4 heteroatoms. The molecule has 0 bridgehead atoms. The molecule has 1 unspecified atom stereocenters. The van der Waals surface area contributed by atoms with Crippen molar-refractivity contribution in [1.29, 1.82) is 0 Å². The standard InChI is InChI=1S/C14H14BrFN2/c1-9-5-6-10(18-8-9)7-13(17)11-3-2-4-12(16)14(11)15/h2-6,8,13H,7,17H2,1H3. The van der Waals surface area contributed by atoms with Crippen molar-refractivity contribution in [2.45, 2.75) is 19.4 Å². The molecule has 2 rings (SSSR count). The Morgan fingerprint density at radius 3 is 2.78 bits per heavy atom. The van der Waals surface area contributed by atoms with Crippen LogP contribution in [0, 0.1) is 12.7 Å². The number of nitrogens with two attached hydrogens (primary N) is 1. The Labute approximate surface area is 114 Å². The van der Waals surface area contributed by atoms with Crippen LogP contribution in [-0.4, -0.2) is 4.98 Å². The molecule has 1 heterocycles. The van der Waals surface area contributed by atoms with Gasteiger partial charge in [0.1, 0.15) is 5.82 Å². The molecular weight excluding hydrogens is 295 g/mol. The van der Waals surface area contributed by atoms with E-state index in [9.17, 15) is 4.39 Å². The van der Waals surface area contributed by atoms with Crippen LogP contribution in [0.15, 0.2) is 41.0 Å². The molecule has 0 saturated carbocycles. The van der Waals surface area contributed by atoms with Crippen LogP contribution in [0.1, 0.15) is 22.9 Å². The first-order chi connectivity index (χ1) is 8.58. The van der Waals surface area contributed by atoms with Crippen molar-refractivity contribution in [2.24, 2.45) is 5.73 Å². The highest BCUT2D eigenvalue weighted by Crippen LogP contribution is 2.26. The van der Waals surface area contributed by atoms with Crippen molar-refractivity contribution in [3.8, 4) is 0 Å². The molecule has 0 aliphatic rings. The van der Waals surface area contributed by atoms with Gasteiger partial charge in [-0.05, 0) is 46.1 Å². The largest absolute Gasteiger partial charge is 0.324 e. The van der Waals surface area contributed by atoms with Crippen molar-refractivity contribution < 1.29 is 4.39 Å². The summed E-state index contributed by atoms with van der Waals surface area (Å²) >= 11 is 3.23. The van der Waals surface area contributed by atoms with Gasteiger partial charge in [-0.25, -0.2) is 4.39 Å². The zero-order valence-corrected chi connectivity index (χ0v) is 11.6. The number of hydrogen-bond donors (Lipinski definition) is 1. The van der Waals surface area contributed by atoms with Crippen LogP contribution in [0.25, 0.3) is 0 Å². The molecule has 1 aromatic heterocycles. The normalized spacial score (nSPS) is 12.4. The van der Waals surface area contributed by atoms with Gasteiger partial charge in [-0.1, -0.05) is 18.2 Å². The van der Waals surface area contributed by atoms with Gasteiger partial charge >= 0.3 is 0 Å². The van der Waals surface area contributed by atoms with E-state index < -0.39 is 0 Å². The van der Waals surface area contributed by atoms with E-state index in [1.807, 2.05) is 31.3 Å². The number of hydrogen-bond acceptors (Lipinski definition) is 2. The lowest BCUT2D eigenvalue weighted by Crippen LogP contribution is -2.15. The Hall–Kier alpha value is -1.26. The summed E-state index contributed by atoms with van der Waals surface area (Å²) in [6.45, 7) is 1.99. The molecule has 0 aliphatic carbocycles. The molecule has 94 valence electrons. The average molecular weight is 309 g/mol. The first-order valence-corrected chi connectivity index (χ1v) is 6.48. The Kier molecular flexibility index (Phi) is 4.09. The van der Waals surface area contributed by atoms with Crippen LogP contribution in [0.3, 0.4) is 0 Å². The Morgan fingerprint density at radius 1 is 1.33 bits per heavy atom. The molecule has 2 aromatic rings. The van der Waals surface area contributed by atoms with E-state index in [1.54, 1.807) is 6.07 Å². The smallest absolute Gasteiger partial charge is 0.137 e. The number of aromatic nitrogens is 1. The number of benzene rings is 1. The summed E-state index contributed by atoms with van der Waals surface area (Å²) in [5.41, 5.74) is 8.88. The van der Waals surface area contributed by atoms with Gasteiger partial charge in [0.25, 0.3) is 0 Å². The lowest BCUT2D eigenvalue weighted by Gasteiger charge is -2.14. The van der Waals surface area contributed by atoms with E-state index in [0.717, 1.165) is 16.8 Å². The fraction of sp³-hybridized carbons (Fsp3) is 0.214. The van der Waals surface area contributed by atoms with E-state index in [2.05, 4.69) is 20.9 Å². The maximum atomic E-state index is 13.4. The predicted molar refractivity (Wildman–Crippen MR) is 73.7 cm³/mol. The number of aryl methyl sites for hydroxylation is 1. The van der Waals surface area contributed by atoms with Gasteiger partial charge in [0, 0.05) is 24.4 Å². The molecule has 2 N–H and O–H groups in total. The SMILES string of the molecule is Cc1ccc(CC(N)c2cccc(F)c2Br)nc1. The molecule has 2 nitrogen and oxygen atoms in total. The van der Waals surface area contributed by atoms with Crippen molar-refractivity contribution in [2.75, 3.05) is 0 Å². The van der Waals surface area contributed by atoms with Crippen molar-refractivity contribution >= 4 is 15.9 Å². The zero-order chi connectivity index (χ0) is 13.1. The third-order valence-corrected chi connectivity index (χ3v) is 3.62. The Balaban J connectivity index is 2.19. The Bertz CT molecular complexity index is 540. The van der Waals surface area contributed by atoms with Crippen LogP contribution in [0.2, 0.25) is 0 Å². The second kappa shape index (κ2) is 5.59. The molecule has 1 aromatic carbocycles. The van der Waals surface area contributed by atoms with E-state index in [0.29, 0.717) is 10.9 Å². The fourth-order valence-corrected chi connectivity index (χ4v) is 2.32. The number of halogens is 2. The lowest BCUT2D eigenvalue weighted by atomic mass is 10.0. The Morgan fingerprint density at radius 2 is 2.11 bits per heavy atom. The molecule has 0 spiro atoms. The summed E-state index contributed by atoms with van der Waals surface area (Å²) in [5.74, 6) is -0.292. The van der Waals surface area contributed by atoms with E-state index in [4.69, 9.17) is 5.73 Å². The minimum absolute atomic E-state index is 0.273.